The SMILES string of the molecule is CNC(c1ccc(OC)c(Br)c1)c1ccccc1OC. The van der Waals surface area contributed by atoms with Crippen molar-refractivity contribution in [2.24, 2.45) is 0 Å². The first kappa shape index (κ1) is 14.9. The van der Waals surface area contributed by atoms with E-state index in [0.717, 1.165) is 27.1 Å². The lowest BCUT2D eigenvalue weighted by atomic mass is 9.98. The predicted octanol–water partition coefficient (Wildman–Crippen LogP) is 3.78. The zero-order chi connectivity index (χ0) is 14.5. The number of benzene rings is 2. The Morgan fingerprint density at radius 1 is 1.00 bits per heavy atom. The first-order chi connectivity index (χ1) is 9.71. The Kier molecular flexibility index (Phi) is 5.04. The van der Waals surface area contributed by atoms with Crippen molar-refractivity contribution in [2.45, 2.75) is 6.04 Å². The Morgan fingerprint density at radius 3 is 2.30 bits per heavy atom. The second kappa shape index (κ2) is 6.77. The third-order valence-electron chi connectivity index (χ3n) is 3.25. The summed E-state index contributed by atoms with van der Waals surface area (Å²) in [5, 5.41) is 3.33. The molecule has 106 valence electrons. The van der Waals surface area contributed by atoms with Crippen molar-refractivity contribution in [3.63, 3.8) is 0 Å². The first-order valence-corrected chi connectivity index (χ1v) is 7.14. The normalized spacial score (nSPS) is 12.0. The van der Waals surface area contributed by atoms with Crippen LogP contribution in [0.3, 0.4) is 0 Å². The van der Waals surface area contributed by atoms with Crippen LogP contribution in [0, 0.1) is 0 Å². The van der Waals surface area contributed by atoms with Crippen LogP contribution in [0.15, 0.2) is 46.9 Å². The fourth-order valence-electron chi connectivity index (χ4n) is 2.27. The number of methoxy groups -OCH3 is 2. The van der Waals surface area contributed by atoms with Gasteiger partial charge in [0.25, 0.3) is 0 Å². The molecule has 0 aliphatic carbocycles. The molecule has 3 nitrogen and oxygen atoms in total. The van der Waals surface area contributed by atoms with Crippen molar-refractivity contribution in [1.29, 1.82) is 0 Å². The van der Waals surface area contributed by atoms with Gasteiger partial charge in [-0.3, -0.25) is 0 Å². The zero-order valence-electron chi connectivity index (χ0n) is 11.8. The maximum absolute atomic E-state index is 5.45. The summed E-state index contributed by atoms with van der Waals surface area (Å²) in [6.07, 6.45) is 0. The van der Waals surface area contributed by atoms with Gasteiger partial charge in [-0.2, -0.15) is 0 Å². The molecule has 0 radical (unpaired) electrons. The molecule has 0 saturated carbocycles. The van der Waals surface area contributed by atoms with E-state index in [2.05, 4.69) is 39.4 Å². The molecule has 1 N–H and O–H groups in total. The highest BCUT2D eigenvalue weighted by Gasteiger charge is 2.17. The quantitative estimate of drug-likeness (QED) is 0.902. The molecule has 0 aromatic heterocycles. The van der Waals surface area contributed by atoms with Gasteiger partial charge in [-0.25, -0.2) is 0 Å². The van der Waals surface area contributed by atoms with E-state index in [-0.39, 0.29) is 6.04 Å². The summed E-state index contributed by atoms with van der Waals surface area (Å²) < 4.78 is 11.7. The highest BCUT2D eigenvalue weighted by Crippen LogP contribution is 2.33. The van der Waals surface area contributed by atoms with Crippen molar-refractivity contribution in [1.82, 2.24) is 5.32 Å². The predicted molar refractivity (Wildman–Crippen MR) is 84.6 cm³/mol. The van der Waals surface area contributed by atoms with Gasteiger partial charge in [-0.15, -0.1) is 0 Å². The fraction of sp³-hybridized carbons (Fsp3) is 0.250. The van der Waals surface area contributed by atoms with Crippen molar-refractivity contribution in [3.05, 3.63) is 58.1 Å². The minimum Gasteiger partial charge on any atom is -0.496 e. The molecule has 0 aliphatic rings. The van der Waals surface area contributed by atoms with Gasteiger partial charge in [0.05, 0.1) is 24.7 Å². The van der Waals surface area contributed by atoms with E-state index in [1.807, 2.05) is 31.3 Å². The number of rotatable bonds is 5. The average molecular weight is 336 g/mol. The molecule has 0 amide bonds. The van der Waals surface area contributed by atoms with Crippen LogP contribution in [-0.4, -0.2) is 21.3 Å². The summed E-state index contributed by atoms with van der Waals surface area (Å²) in [6.45, 7) is 0. The van der Waals surface area contributed by atoms with Gasteiger partial charge in [0.1, 0.15) is 11.5 Å². The second-order valence-electron chi connectivity index (χ2n) is 4.36. The Labute approximate surface area is 128 Å². The first-order valence-electron chi connectivity index (χ1n) is 6.35. The lowest BCUT2D eigenvalue weighted by molar-refractivity contribution is 0.405. The molecule has 0 aliphatic heterocycles. The second-order valence-corrected chi connectivity index (χ2v) is 5.21. The summed E-state index contributed by atoms with van der Waals surface area (Å²) in [6, 6.07) is 14.2. The molecule has 2 aromatic carbocycles. The van der Waals surface area contributed by atoms with Crippen LogP contribution in [-0.2, 0) is 0 Å². The van der Waals surface area contributed by atoms with Crippen LogP contribution < -0.4 is 14.8 Å². The van der Waals surface area contributed by atoms with Gasteiger partial charge in [0.15, 0.2) is 0 Å². The molecule has 0 bridgehead atoms. The molecule has 4 heteroatoms. The Balaban J connectivity index is 2.44. The van der Waals surface area contributed by atoms with Crippen molar-refractivity contribution in [3.8, 4) is 11.5 Å². The average Bonchev–Trinajstić information content (AvgIpc) is 2.49. The van der Waals surface area contributed by atoms with Gasteiger partial charge in [0, 0.05) is 5.56 Å². The molecule has 0 heterocycles. The van der Waals surface area contributed by atoms with E-state index in [1.54, 1.807) is 14.2 Å². The fourth-order valence-corrected chi connectivity index (χ4v) is 2.83. The van der Waals surface area contributed by atoms with E-state index in [1.165, 1.54) is 0 Å². The van der Waals surface area contributed by atoms with Gasteiger partial charge < -0.3 is 14.8 Å². The molecule has 0 spiro atoms. The molecule has 2 aromatic rings. The van der Waals surface area contributed by atoms with Crippen LogP contribution >= 0.6 is 15.9 Å². The van der Waals surface area contributed by atoms with Crippen LogP contribution in [0.2, 0.25) is 0 Å². The van der Waals surface area contributed by atoms with Gasteiger partial charge in [0.2, 0.25) is 0 Å². The molecule has 2 rings (SSSR count). The third-order valence-corrected chi connectivity index (χ3v) is 3.87. The molecule has 1 unspecified atom stereocenters. The molecule has 0 fully saturated rings. The minimum atomic E-state index is 0.0633. The Morgan fingerprint density at radius 2 is 1.70 bits per heavy atom. The smallest absolute Gasteiger partial charge is 0.133 e. The minimum absolute atomic E-state index is 0.0633. The number of ether oxygens (including phenoxy) is 2. The van der Waals surface area contributed by atoms with Gasteiger partial charge in [-0.05, 0) is 46.7 Å². The molecule has 0 saturated heterocycles. The zero-order valence-corrected chi connectivity index (χ0v) is 13.4. The highest BCUT2D eigenvalue weighted by molar-refractivity contribution is 9.10. The number of nitrogens with one attached hydrogen (secondary N) is 1. The van der Waals surface area contributed by atoms with Crippen LogP contribution in [0.5, 0.6) is 11.5 Å². The lowest BCUT2D eigenvalue weighted by Crippen LogP contribution is -2.18. The van der Waals surface area contributed by atoms with Crippen LogP contribution in [0.1, 0.15) is 17.2 Å². The van der Waals surface area contributed by atoms with E-state index >= 15 is 0 Å². The van der Waals surface area contributed by atoms with Gasteiger partial charge in [-0.1, -0.05) is 24.3 Å². The maximum atomic E-state index is 5.45. The van der Waals surface area contributed by atoms with Crippen molar-refractivity contribution < 1.29 is 9.47 Å². The summed E-state index contributed by atoms with van der Waals surface area (Å²) in [5.41, 5.74) is 2.25. The lowest BCUT2D eigenvalue weighted by Gasteiger charge is -2.20. The van der Waals surface area contributed by atoms with E-state index in [9.17, 15) is 0 Å². The summed E-state index contributed by atoms with van der Waals surface area (Å²) in [7, 11) is 5.29. The topological polar surface area (TPSA) is 30.5 Å². The van der Waals surface area contributed by atoms with E-state index in [0.29, 0.717) is 0 Å². The molecular weight excluding hydrogens is 318 g/mol. The highest BCUT2D eigenvalue weighted by atomic mass is 79.9. The van der Waals surface area contributed by atoms with Crippen LogP contribution in [0.25, 0.3) is 0 Å². The number of hydrogen-bond acceptors (Lipinski definition) is 3. The monoisotopic (exact) mass is 335 g/mol. The largest absolute Gasteiger partial charge is 0.496 e. The Hall–Kier alpha value is -1.52. The summed E-state index contributed by atoms with van der Waals surface area (Å²) in [4.78, 5) is 0. The standard InChI is InChI=1S/C16H18BrNO2/c1-18-16(12-6-4-5-7-14(12)19-2)11-8-9-15(20-3)13(17)10-11/h4-10,16,18H,1-3H3. The maximum Gasteiger partial charge on any atom is 0.133 e. The third kappa shape index (κ3) is 2.97. The summed E-state index contributed by atoms with van der Waals surface area (Å²) >= 11 is 3.53. The van der Waals surface area contributed by atoms with E-state index in [4.69, 9.17) is 9.47 Å². The van der Waals surface area contributed by atoms with Crippen molar-refractivity contribution >= 4 is 15.9 Å². The number of hydrogen-bond donors (Lipinski definition) is 1. The molecule has 20 heavy (non-hydrogen) atoms. The Bertz CT molecular complexity index is 586. The van der Waals surface area contributed by atoms with Crippen molar-refractivity contribution in [2.75, 3.05) is 21.3 Å². The molecule has 1 atom stereocenters. The number of halogens is 1. The van der Waals surface area contributed by atoms with Gasteiger partial charge >= 0.3 is 0 Å². The summed E-state index contributed by atoms with van der Waals surface area (Å²) in [5.74, 6) is 1.70. The number of para-hydroxylation sites is 1. The van der Waals surface area contributed by atoms with E-state index < -0.39 is 0 Å². The molecular formula is C16H18BrNO2. The van der Waals surface area contributed by atoms with Crippen LogP contribution in [0.4, 0.5) is 0 Å².